The Bertz CT molecular complexity index is 2550. The Morgan fingerprint density at radius 2 is 0.886 bits per heavy atom. The smallest absolute Gasteiger partial charge is 0.160 e. The molecule has 0 saturated heterocycles. The van der Waals surface area contributed by atoms with Crippen molar-refractivity contribution in [3.8, 4) is 33.9 Å². The van der Waals surface area contributed by atoms with Crippen molar-refractivity contribution in [3.63, 3.8) is 0 Å². The molecular weight excluding hydrogens is 532 g/mol. The molecule has 0 spiro atoms. The molecule has 0 saturated carbocycles. The Kier molecular flexibility index (Phi) is 5.54. The first-order valence-corrected chi connectivity index (χ1v) is 15.0. The van der Waals surface area contributed by atoms with Crippen molar-refractivity contribution in [2.24, 2.45) is 0 Å². The van der Waals surface area contributed by atoms with Crippen molar-refractivity contribution in [3.05, 3.63) is 158 Å². The van der Waals surface area contributed by atoms with Crippen LogP contribution >= 0.6 is 0 Å². The van der Waals surface area contributed by atoms with E-state index in [0.717, 1.165) is 33.9 Å². The standard InChI is InChI=1S/C42H26N2/c1-2-13-28(14-3-1)42-43-39(38-25-29-15-5-8-18-32(29)34-20-10-11-21-35(34)38)26-40(44-42)41-33-19-9-6-16-30(33)24-37-31-17-7-4-12-27(31)22-23-36(37)41/h1-26H. The van der Waals surface area contributed by atoms with Crippen LogP contribution in [0.4, 0.5) is 0 Å². The average Bonchev–Trinajstić information content (AvgIpc) is 3.10. The fourth-order valence-corrected chi connectivity index (χ4v) is 6.79. The van der Waals surface area contributed by atoms with E-state index in [0.29, 0.717) is 0 Å². The van der Waals surface area contributed by atoms with Gasteiger partial charge in [0.2, 0.25) is 0 Å². The van der Waals surface area contributed by atoms with Gasteiger partial charge in [0.05, 0.1) is 11.4 Å². The van der Waals surface area contributed by atoms with Crippen LogP contribution in [-0.2, 0) is 0 Å². The van der Waals surface area contributed by atoms with Gasteiger partial charge in [-0.3, -0.25) is 0 Å². The molecule has 0 aliphatic heterocycles. The molecule has 44 heavy (non-hydrogen) atoms. The summed E-state index contributed by atoms with van der Waals surface area (Å²) in [5.41, 5.74) is 5.07. The van der Waals surface area contributed by atoms with Crippen LogP contribution < -0.4 is 0 Å². The number of fused-ring (bicyclic) bond motifs is 7. The molecular formula is C42H26N2. The van der Waals surface area contributed by atoms with Gasteiger partial charge in [-0.2, -0.15) is 0 Å². The number of hydrogen-bond acceptors (Lipinski definition) is 2. The van der Waals surface area contributed by atoms with Gasteiger partial charge in [0.15, 0.2) is 5.82 Å². The minimum absolute atomic E-state index is 0.720. The van der Waals surface area contributed by atoms with Crippen LogP contribution in [0.2, 0.25) is 0 Å². The molecule has 0 bridgehead atoms. The number of hydrogen-bond donors (Lipinski definition) is 0. The van der Waals surface area contributed by atoms with Gasteiger partial charge in [0, 0.05) is 16.7 Å². The molecule has 0 fully saturated rings. The Morgan fingerprint density at radius 1 is 0.318 bits per heavy atom. The summed E-state index contributed by atoms with van der Waals surface area (Å²) >= 11 is 0. The Labute approximate surface area is 254 Å². The molecule has 204 valence electrons. The van der Waals surface area contributed by atoms with Crippen molar-refractivity contribution >= 4 is 53.9 Å². The van der Waals surface area contributed by atoms with E-state index in [1.54, 1.807) is 0 Å². The highest BCUT2D eigenvalue weighted by molar-refractivity contribution is 6.20. The van der Waals surface area contributed by atoms with E-state index >= 15 is 0 Å². The van der Waals surface area contributed by atoms with Crippen molar-refractivity contribution in [2.45, 2.75) is 0 Å². The fourth-order valence-electron chi connectivity index (χ4n) is 6.79. The zero-order chi connectivity index (χ0) is 29.0. The zero-order valence-corrected chi connectivity index (χ0v) is 23.9. The van der Waals surface area contributed by atoms with E-state index in [-0.39, 0.29) is 0 Å². The maximum absolute atomic E-state index is 5.31. The van der Waals surface area contributed by atoms with Crippen LogP contribution in [0.5, 0.6) is 0 Å². The minimum atomic E-state index is 0.720. The number of aromatic nitrogens is 2. The lowest BCUT2D eigenvalue weighted by molar-refractivity contribution is 1.19. The zero-order valence-electron chi connectivity index (χ0n) is 23.9. The van der Waals surface area contributed by atoms with Crippen LogP contribution in [0.1, 0.15) is 0 Å². The van der Waals surface area contributed by atoms with Crippen LogP contribution in [0, 0.1) is 0 Å². The molecule has 0 amide bonds. The molecule has 0 unspecified atom stereocenters. The molecule has 0 radical (unpaired) electrons. The Hall–Kier alpha value is -5.86. The lowest BCUT2D eigenvalue weighted by Crippen LogP contribution is -1.98. The number of nitrogens with zero attached hydrogens (tertiary/aromatic N) is 2. The fraction of sp³-hybridized carbons (Fsp3) is 0. The Balaban J connectivity index is 1.42. The van der Waals surface area contributed by atoms with Crippen molar-refractivity contribution in [1.82, 2.24) is 9.97 Å². The summed E-state index contributed by atoms with van der Waals surface area (Å²) in [6, 6.07) is 56.2. The molecule has 0 atom stereocenters. The van der Waals surface area contributed by atoms with Crippen molar-refractivity contribution < 1.29 is 0 Å². The van der Waals surface area contributed by atoms with Gasteiger partial charge in [0.25, 0.3) is 0 Å². The first kappa shape index (κ1) is 24.7. The number of rotatable bonds is 3. The number of benzene rings is 8. The maximum Gasteiger partial charge on any atom is 0.160 e. The summed E-state index contributed by atoms with van der Waals surface area (Å²) in [7, 11) is 0. The maximum atomic E-state index is 5.31. The average molecular weight is 559 g/mol. The molecule has 9 rings (SSSR count). The highest BCUT2D eigenvalue weighted by Gasteiger charge is 2.18. The molecule has 0 N–H and O–H groups in total. The second-order valence-corrected chi connectivity index (χ2v) is 11.4. The minimum Gasteiger partial charge on any atom is -0.228 e. The summed E-state index contributed by atoms with van der Waals surface area (Å²) in [6.45, 7) is 0. The predicted octanol–water partition coefficient (Wildman–Crippen LogP) is 11.2. The van der Waals surface area contributed by atoms with Gasteiger partial charge < -0.3 is 0 Å². The van der Waals surface area contributed by atoms with Gasteiger partial charge in [0.1, 0.15) is 0 Å². The van der Waals surface area contributed by atoms with Crippen LogP contribution in [0.15, 0.2) is 158 Å². The van der Waals surface area contributed by atoms with E-state index in [9.17, 15) is 0 Å². The summed E-state index contributed by atoms with van der Waals surface area (Å²) in [4.78, 5) is 10.6. The van der Waals surface area contributed by atoms with Crippen LogP contribution in [-0.4, -0.2) is 9.97 Å². The summed E-state index contributed by atoms with van der Waals surface area (Å²) < 4.78 is 0. The van der Waals surface area contributed by atoms with Gasteiger partial charge in [-0.05, 0) is 72.1 Å². The molecule has 8 aromatic carbocycles. The van der Waals surface area contributed by atoms with Crippen LogP contribution in [0.3, 0.4) is 0 Å². The van der Waals surface area contributed by atoms with Gasteiger partial charge >= 0.3 is 0 Å². The molecule has 1 heterocycles. The first-order chi connectivity index (χ1) is 21.8. The third kappa shape index (κ3) is 3.89. The molecule has 9 aromatic rings. The van der Waals surface area contributed by atoms with Crippen LogP contribution in [0.25, 0.3) is 87.8 Å². The molecule has 2 heteroatoms. The highest BCUT2D eigenvalue weighted by Crippen LogP contribution is 2.41. The monoisotopic (exact) mass is 558 g/mol. The summed E-state index contributed by atoms with van der Waals surface area (Å²) in [5.74, 6) is 0.720. The highest BCUT2D eigenvalue weighted by atomic mass is 14.9. The predicted molar refractivity (Wildman–Crippen MR) is 186 cm³/mol. The molecule has 0 aliphatic carbocycles. The van der Waals surface area contributed by atoms with Crippen molar-refractivity contribution in [2.75, 3.05) is 0 Å². The van der Waals surface area contributed by atoms with E-state index < -0.39 is 0 Å². The van der Waals surface area contributed by atoms with E-state index in [1.165, 1.54) is 53.9 Å². The third-order valence-corrected chi connectivity index (χ3v) is 8.83. The van der Waals surface area contributed by atoms with Gasteiger partial charge in [-0.25, -0.2) is 9.97 Å². The van der Waals surface area contributed by atoms with Gasteiger partial charge in [-0.15, -0.1) is 0 Å². The normalized spacial score (nSPS) is 11.6. The lowest BCUT2D eigenvalue weighted by Gasteiger charge is -2.16. The van der Waals surface area contributed by atoms with E-state index in [1.807, 2.05) is 6.07 Å². The summed E-state index contributed by atoms with van der Waals surface area (Å²) in [5, 5.41) is 12.1. The summed E-state index contributed by atoms with van der Waals surface area (Å²) in [6.07, 6.45) is 0. The lowest BCUT2D eigenvalue weighted by atomic mass is 9.90. The second-order valence-electron chi connectivity index (χ2n) is 11.4. The molecule has 2 nitrogen and oxygen atoms in total. The van der Waals surface area contributed by atoms with E-state index in [2.05, 4.69) is 152 Å². The molecule has 0 aliphatic rings. The SMILES string of the molecule is c1ccc(-c2nc(-c3cc4ccccc4c4ccccc34)cc(-c3c4ccccc4cc4c3ccc3ccccc34)n2)cc1. The Morgan fingerprint density at radius 3 is 1.66 bits per heavy atom. The second kappa shape index (κ2) is 9.86. The first-order valence-electron chi connectivity index (χ1n) is 15.0. The largest absolute Gasteiger partial charge is 0.228 e. The van der Waals surface area contributed by atoms with Gasteiger partial charge in [-0.1, -0.05) is 140 Å². The topological polar surface area (TPSA) is 25.8 Å². The molecule has 1 aromatic heterocycles. The van der Waals surface area contributed by atoms with Crippen molar-refractivity contribution in [1.29, 1.82) is 0 Å². The third-order valence-electron chi connectivity index (χ3n) is 8.83. The quantitative estimate of drug-likeness (QED) is 0.159. The van der Waals surface area contributed by atoms with E-state index in [4.69, 9.17) is 9.97 Å².